The molecule has 9 nitrogen and oxygen atoms in total. The van der Waals surface area contributed by atoms with Crippen molar-refractivity contribution in [1.29, 1.82) is 0 Å². The van der Waals surface area contributed by atoms with Gasteiger partial charge in [0.15, 0.2) is 4.80 Å². The van der Waals surface area contributed by atoms with Crippen molar-refractivity contribution >= 4 is 35.0 Å². The van der Waals surface area contributed by atoms with E-state index in [1.807, 2.05) is 43.3 Å². The van der Waals surface area contributed by atoms with E-state index in [0.29, 0.717) is 44.3 Å². The van der Waals surface area contributed by atoms with Crippen LogP contribution in [-0.4, -0.2) is 43.8 Å². The minimum atomic E-state index is -0.691. The highest BCUT2D eigenvalue weighted by Gasteiger charge is 2.33. The number of rotatable bonds is 8. The van der Waals surface area contributed by atoms with E-state index in [1.165, 1.54) is 11.3 Å². The molecule has 4 aromatic rings. The van der Waals surface area contributed by atoms with Crippen LogP contribution in [0.25, 0.3) is 17.4 Å². The van der Waals surface area contributed by atoms with Gasteiger partial charge in [-0.3, -0.25) is 9.36 Å². The Kier molecular flexibility index (Phi) is 8.26. The Morgan fingerprint density at radius 3 is 2.29 bits per heavy atom. The lowest BCUT2D eigenvalue weighted by Crippen LogP contribution is -2.39. The zero-order chi connectivity index (χ0) is 30.0. The number of esters is 2. The van der Waals surface area contributed by atoms with Crippen molar-refractivity contribution in [2.75, 3.05) is 32.2 Å². The molecule has 10 heteroatoms. The van der Waals surface area contributed by atoms with Gasteiger partial charge in [0.1, 0.15) is 11.5 Å². The number of nitrogens with zero attached hydrogens (tertiary/aromatic N) is 3. The normalized spacial score (nSPS) is 14.8. The first-order valence-electron chi connectivity index (χ1n) is 13.6. The maximum Gasteiger partial charge on any atom is 0.338 e. The van der Waals surface area contributed by atoms with Crippen LogP contribution in [0.1, 0.15) is 48.5 Å². The van der Waals surface area contributed by atoms with E-state index < -0.39 is 12.0 Å². The lowest BCUT2D eigenvalue weighted by Gasteiger charge is -2.25. The highest BCUT2D eigenvalue weighted by molar-refractivity contribution is 7.07. The fraction of sp³-hybridized carbons (Fsp3) is 0.250. The van der Waals surface area contributed by atoms with Gasteiger partial charge in [0.2, 0.25) is 0 Å². The number of carbonyl (C=O) groups excluding carboxylic acids is 2. The number of fused-ring (bicyclic) bond motifs is 1. The molecule has 0 N–H and O–H groups in total. The third-order valence-corrected chi connectivity index (χ3v) is 7.81. The predicted molar refractivity (Wildman–Crippen MR) is 161 cm³/mol. The number of hydrogen-bond donors (Lipinski definition) is 0. The zero-order valence-corrected chi connectivity index (χ0v) is 24.9. The molecule has 1 aliphatic heterocycles. The number of hydrogen-bond acceptors (Lipinski definition) is 9. The van der Waals surface area contributed by atoms with Gasteiger partial charge in [-0.05, 0) is 62.7 Å². The van der Waals surface area contributed by atoms with Crippen LogP contribution >= 0.6 is 11.3 Å². The lowest BCUT2D eigenvalue weighted by molar-refractivity contribution is -0.139. The second-order valence-electron chi connectivity index (χ2n) is 9.79. The first-order valence-corrected chi connectivity index (χ1v) is 14.4. The molecule has 0 saturated heterocycles. The molecule has 1 atom stereocenters. The van der Waals surface area contributed by atoms with Crippen LogP contribution in [0.15, 0.2) is 86.1 Å². The van der Waals surface area contributed by atoms with Crippen molar-refractivity contribution in [2.45, 2.75) is 26.8 Å². The molecule has 2 aromatic heterocycles. The number of thiazole rings is 1. The summed E-state index contributed by atoms with van der Waals surface area (Å²) in [6.45, 7) is 5.78. The van der Waals surface area contributed by atoms with Gasteiger partial charge < -0.3 is 18.8 Å². The summed E-state index contributed by atoms with van der Waals surface area (Å²) >= 11 is 1.23. The highest BCUT2D eigenvalue weighted by atomic mass is 32.1. The Hall–Kier alpha value is -4.70. The first-order chi connectivity index (χ1) is 20.2. The summed E-state index contributed by atoms with van der Waals surface area (Å²) in [5, 5.41) is 0. The molecular weight excluding hydrogens is 554 g/mol. The van der Waals surface area contributed by atoms with Gasteiger partial charge in [-0.15, -0.1) is 0 Å². The SMILES string of the molecule is CCOC(=O)C1=C(C)N=c2sc(=Cc3ccc(-c4ccc(C(=O)OCC)cc4)o3)c(=O)n2[C@@H]1c1ccc(N(C)C)cc1. The largest absolute Gasteiger partial charge is 0.463 e. The molecule has 0 unspecified atom stereocenters. The third-order valence-electron chi connectivity index (χ3n) is 6.82. The van der Waals surface area contributed by atoms with Crippen LogP contribution in [0.4, 0.5) is 5.69 Å². The highest BCUT2D eigenvalue weighted by Crippen LogP contribution is 2.31. The number of ether oxygens (including phenoxy) is 2. The smallest absolute Gasteiger partial charge is 0.338 e. The van der Waals surface area contributed by atoms with Gasteiger partial charge in [-0.1, -0.05) is 35.6 Å². The van der Waals surface area contributed by atoms with E-state index in [9.17, 15) is 14.4 Å². The Labute approximate surface area is 246 Å². The molecule has 216 valence electrons. The maximum atomic E-state index is 13.9. The summed E-state index contributed by atoms with van der Waals surface area (Å²) in [6.07, 6.45) is 1.68. The summed E-state index contributed by atoms with van der Waals surface area (Å²) in [4.78, 5) is 46.0. The standard InChI is InChI=1S/C32H31N3O6S/c1-6-39-30(37)22-10-8-20(9-11-22)25-17-16-24(41-25)18-26-29(36)35-28(21-12-14-23(15-13-21)34(4)5)27(31(38)40-7-2)19(3)33-32(35)42-26/h8-18,28H,6-7H2,1-5H3/t28-/m1/s1. The topological polar surface area (TPSA) is 103 Å². The molecule has 3 heterocycles. The Morgan fingerprint density at radius 2 is 1.64 bits per heavy atom. The van der Waals surface area contributed by atoms with Crippen LogP contribution in [0.2, 0.25) is 0 Å². The second kappa shape index (κ2) is 12.0. The second-order valence-corrected chi connectivity index (χ2v) is 10.8. The number of carbonyl (C=O) groups is 2. The van der Waals surface area contributed by atoms with Crippen molar-refractivity contribution in [2.24, 2.45) is 4.99 Å². The summed E-state index contributed by atoms with van der Waals surface area (Å²) in [5.41, 5.74) is 3.56. The maximum absolute atomic E-state index is 13.9. The summed E-state index contributed by atoms with van der Waals surface area (Å²) in [5.74, 6) is 0.189. The van der Waals surface area contributed by atoms with Crippen LogP contribution < -0.4 is 19.8 Å². The van der Waals surface area contributed by atoms with Crippen molar-refractivity contribution < 1.29 is 23.5 Å². The molecule has 2 aromatic carbocycles. The Morgan fingerprint density at radius 1 is 0.976 bits per heavy atom. The average Bonchev–Trinajstić information content (AvgIpc) is 3.57. The number of anilines is 1. The monoisotopic (exact) mass is 585 g/mol. The van der Waals surface area contributed by atoms with Gasteiger partial charge in [-0.25, -0.2) is 14.6 Å². The summed E-state index contributed by atoms with van der Waals surface area (Å²) in [6, 6.07) is 17.6. The number of benzene rings is 2. The van der Waals surface area contributed by atoms with E-state index in [-0.39, 0.29) is 18.1 Å². The van der Waals surface area contributed by atoms with Crippen LogP contribution in [0, 0.1) is 0 Å². The molecule has 0 aliphatic carbocycles. The minimum absolute atomic E-state index is 0.207. The van der Waals surface area contributed by atoms with Gasteiger partial charge in [0.25, 0.3) is 5.56 Å². The summed E-state index contributed by atoms with van der Waals surface area (Å²) < 4.78 is 18.4. The Balaban J connectivity index is 1.55. The van der Waals surface area contributed by atoms with E-state index >= 15 is 0 Å². The zero-order valence-electron chi connectivity index (χ0n) is 24.0. The van der Waals surface area contributed by atoms with Crippen molar-refractivity contribution in [3.05, 3.63) is 109 Å². The third kappa shape index (κ3) is 5.58. The molecule has 0 spiro atoms. The number of allylic oxidation sites excluding steroid dienone is 1. The molecule has 0 fully saturated rings. The lowest BCUT2D eigenvalue weighted by atomic mass is 9.95. The van der Waals surface area contributed by atoms with E-state index in [2.05, 4.69) is 4.99 Å². The van der Waals surface area contributed by atoms with Crippen molar-refractivity contribution in [3.8, 4) is 11.3 Å². The van der Waals surface area contributed by atoms with Crippen LogP contribution in [0.3, 0.4) is 0 Å². The minimum Gasteiger partial charge on any atom is -0.463 e. The molecule has 0 saturated carbocycles. The molecule has 0 bridgehead atoms. The molecule has 0 amide bonds. The average molecular weight is 586 g/mol. The number of aromatic nitrogens is 1. The Bertz CT molecular complexity index is 1840. The molecule has 42 heavy (non-hydrogen) atoms. The fourth-order valence-electron chi connectivity index (χ4n) is 4.76. The van der Waals surface area contributed by atoms with Crippen molar-refractivity contribution in [3.63, 3.8) is 0 Å². The molecule has 0 radical (unpaired) electrons. The van der Waals surface area contributed by atoms with Crippen LogP contribution in [0.5, 0.6) is 0 Å². The van der Waals surface area contributed by atoms with Gasteiger partial charge >= 0.3 is 11.9 Å². The molecular formula is C32H31N3O6S. The predicted octanol–water partition coefficient (Wildman–Crippen LogP) is 4.30. The fourth-order valence-corrected chi connectivity index (χ4v) is 5.79. The van der Waals surface area contributed by atoms with E-state index in [0.717, 1.165) is 16.8 Å². The first kappa shape index (κ1) is 28.8. The van der Waals surface area contributed by atoms with Crippen LogP contribution in [-0.2, 0) is 14.3 Å². The molecule has 1 aliphatic rings. The van der Waals surface area contributed by atoms with Gasteiger partial charge in [-0.2, -0.15) is 0 Å². The van der Waals surface area contributed by atoms with E-state index in [4.69, 9.17) is 13.9 Å². The van der Waals surface area contributed by atoms with E-state index in [1.54, 1.807) is 67.8 Å². The van der Waals surface area contributed by atoms with Gasteiger partial charge in [0.05, 0.1) is 40.6 Å². The van der Waals surface area contributed by atoms with Gasteiger partial charge in [0, 0.05) is 31.4 Å². The summed E-state index contributed by atoms with van der Waals surface area (Å²) in [7, 11) is 3.90. The molecule has 5 rings (SSSR count). The quantitative estimate of drug-likeness (QED) is 0.284. The number of furan rings is 1. The van der Waals surface area contributed by atoms with Crippen molar-refractivity contribution in [1.82, 2.24) is 4.57 Å².